The maximum atomic E-state index is 12.9. The molecule has 0 aromatic heterocycles. The van der Waals surface area contributed by atoms with Crippen molar-refractivity contribution >= 4 is 23.6 Å². The van der Waals surface area contributed by atoms with E-state index in [1.54, 1.807) is 16.7 Å². The minimum atomic E-state index is -0.858. The fourth-order valence-corrected chi connectivity index (χ4v) is 5.35. The summed E-state index contributed by atoms with van der Waals surface area (Å²) in [5.41, 5.74) is 1.48. The average Bonchev–Trinajstić information content (AvgIpc) is 2.91. The Kier molecular flexibility index (Phi) is 13.1. The number of allylic oxidation sites excluding steroid dienone is 2. The number of hydrogen-bond acceptors (Lipinski definition) is 3. The van der Waals surface area contributed by atoms with E-state index in [0.29, 0.717) is 24.0 Å². The Morgan fingerprint density at radius 3 is 2.18 bits per heavy atom. The fraction of sp³-hybridized carbons (Fsp3) is 0.826. The molecule has 0 aromatic rings. The molecule has 0 aromatic carbocycles. The van der Waals surface area contributed by atoms with Gasteiger partial charge in [0.05, 0.1) is 4.87 Å². The predicted molar refractivity (Wildman–Crippen MR) is 124 cm³/mol. The zero-order valence-electron chi connectivity index (χ0n) is 16.1. The Labute approximate surface area is 178 Å². The van der Waals surface area contributed by atoms with Crippen LogP contribution in [0.1, 0.15) is 94.9 Å². The smallest absolute Gasteiger partial charge is 0.327 e. The monoisotopic (exact) mass is 415 g/mol. The summed E-state index contributed by atoms with van der Waals surface area (Å²) >= 11 is 1.70. The van der Waals surface area contributed by atoms with Gasteiger partial charge in [-0.05, 0) is 50.4 Å². The molecule has 0 bridgehead atoms. The second-order valence-electron chi connectivity index (χ2n) is 8.30. The third-order valence-corrected chi connectivity index (χ3v) is 6.93. The lowest BCUT2D eigenvalue weighted by Crippen LogP contribution is -2.53. The molecular formula is C23H45NO3S. The first-order valence-corrected chi connectivity index (χ1v) is 10.6. The van der Waals surface area contributed by atoms with Crippen molar-refractivity contribution in [2.24, 2.45) is 11.8 Å². The van der Waals surface area contributed by atoms with Gasteiger partial charge in [-0.1, -0.05) is 61.6 Å². The highest BCUT2D eigenvalue weighted by molar-refractivity contribution is 8.01. The van der Waals surface area contributed by atoms with E-state index in [4.69, 9.17) is 0 Å². The number of amides is 1. The quantitative estimate of drug-likeness (QED) is 0.496. The van der Waals surface area contributed by atoms with Gasteiger partial charge in [-0.3, -0.25) is 4.79 Å². The number of nitrogens with zero attached hydrogens (tertiary/aromatic N) is 1. The molecule has 1 aliphatic heterocycles. The fourth-order valence-electron chi connectivity index (χ4n) is 3.73. The van der Waals surface area contributed by atoms with E-state index in [2.05, 4.69) is 33.8 Å². The van der Waals surface area contributed by atoms with Crippen LogP contribution < -0.4 is 0 Å². The van der Waals surface area contributed by atoms with Crippen LogP contribution >= 0.6 is 11.8 Å². The normalized spacial score (nSPS) is 23.9. The van der Waals surface area contributed by atoms with Crippen molar-refractivity contribution in [2.75, 3.05) is 5.75 Å². The van der Waals surface area contributed by atoms with E-state index < -0.39 is 12.0 Å². The Morgan fingerprint density at radius 2 is 1.71 bits per heavy atom. The summed E-state index contributed by atoms with van der Waals surface area (Å²) in [6, 6.07) is -0.661. The van der Waals surface area contributed by atoms with Crippen LogP contribution in [-0.2, 0) is 9.59 Å². The Morgan fingerprint density at radius 1 is 1.14 bits per heavy atom. The molecule has 1 spiro atoms. The highest BCUT2D eigenvalue weighted by atomic mass is 32.2. The Bertz CT molecular complexity index is 518. The molecule has 1 saturated heterocycles. The van der Waals surface area contributed by atoms with E-state index in [1.807, 2.05) is 0 Å². The van der Waals surface area contributed by atoms with Crippen molar-refractivity contribution in [1.29, 1.82) is 0 Å². The van der Waals surface area contributed by atoms with Crippen LogP contribution in [0.25, 0.3) is 0 Å². The summed E-state index contributed by atoms with van der Waals surface area (Å²) in [7, 11) is 0. The van der Waals surface area contributed by atoms with E-state index in [1.165, 1.54) is 5.57 Å². The average molecular weight is 416 g/mol. The highest BCUT2D eigenvalue weighted by Gasteiger charge is 2.52. The van der Waals surface area contributed by atoms with Crippen molar-refractivity contribution in [3.63, 3.8) is 0 Å². The molecule has 28 heavy (non-hydrogen) atoms. The Balaban J connectivity index is 0. The van der Waals surface area contributed by atoms with Crippen molar-refractivity contribution in [1.82, 2.24) is 4.90 Å². The zero-order chi connectivity index (χ0) is 18.6. The molecule has 1 N–H and O–H groups in total. The van der Waals surface area contributed by atoms with E-state index in [-0.39, 0.29) is 33.1 Å². The minimum Gasteiger partial charge on any atom is -0.480 e. The maximum Gasteiger partial charge on any atom is 0.327 e. The molecule has 4 nitrogen and oxygen atoms in total. The number of rotatable bonds is 6. The summed E-state index contributed by atoms with van der Waals surface area (Å²) in [5.74, 6) is 0.808. The molecule has 1 heterocycles. The third kappa shape index (κ3) is 7.13. The highest BCUT2D eigenvalue weighted by Crippen LogP contribution is 2.50. The van der Waals surface area contributed by atoms with E-state index >= 15 is 0 Å². The van der Waals surface area contributed by atoms with Crippen LogP contribution in [0.5, 0.6) is 0 Å². The molecule has 1 amide bonds. The minimum absolute atomic E-state index is 0. The molecule has 2 fully saturated rings. The SMILES string of the molecule is C.C.C.CC(C)CC=C1CCC2(CC1)SC[C@H](C(=O)O)N2C(=O)CCC(C)C. The molecule has 5 heteroatoms. The lowest BCUT2D eigenvalue weighted by molar-refractivity contribution is -0.152. The van der Waals surface area contributed by atoms with Gasteiger partial charge in [-0.25, -0.2) is 4.79 Å². The second-order valence-corrected chi connectivity index (χ2v) is 9.68. The van der Waals surface area contributed by atoms with Gasteiger partial charge in [-0.2, -0.15) is 0 Å². The molecule has 1 atom stereocenters. The number of carbonyl (C=O) groups is 2. The number of aliphatic carboxylic acids is 1. The summed E-state index contributed by atoms with van der Waals surface area (Å²) < 4.78 is 0. The standard InChI is InChI=1S/C20H33NO3S.3CH4/c1-14(2)5-7-16-9-11-20(12-10-16)21(17(13-25-20)19(23)24)18(22)8-6-15(3)4;;;/h7,14-15,17H,5-6,8-13H2,1-4H3,(H,23,24);3*1H4/t17-,20?;;;/m1.../s1. The predicted octanol–water partition coefficient (Wildman–Crippen LogP) is 6.60. The van der Waals surface area contributed by atoms with Gasteiger partial charge in [0.1, 0.15) is 6.04 Å². The molecule has 166 valence electrons. The largest absolute Gasteiger partial charge is 0.480 e. The Hall–Kier alpha value is -0.970. The van der Waals surface area contributed by atoms with Crippen LogP contribution in [0, 0.1) is 11.8 Å². The second kappa shape index (κ2) is 12.6. The molecule has 0 radical (unpaired) electrons. The van der Waals surface area contributed by atoms with Crippen molar-refractivity contribution in [2.45, 2.75) is 106 Å². The van der Waals surface area contributed by atoms with Crippen LogP contribution in [0.15, 0.2) is 11.6 Å². The van der Waals surface area contributed by atoms with Crippen LogP contribution in [0.3, 0.4) is 0 Å². The van der Waals surface area contributed by atoms with Gasteiger partial charge in [0.2, 0.25) is 5.91 Å². The first kappa shape index (κ1) is 29.2. The molecule has 1 saturated carbocycles. The van der Waals surface area contributed by atoms with E-state index in [9.17, 15) is 14.7 Å². The maximum absolute atomic E-state index is 12.9. The third-order valence-electron chi connectivity index (χ3n) is 5.30. The first-order valence-electron chi connectivity index (χ1n) is 9.62. The topological polar surface area (TPSA) is 57.6 Å². The van der Waals surface area contributed by atoms with Gasteiger partial charge in [0.25, 0.3) is 0 Å². The van der Waals surface area contributed by atoms with E-state index in [0.717, 1.165) is 38.5 Å². The van der Waals surface area contributed by atoms with Crippen molar-refractivity contribution in [3.8, 4) is 0 Å². The molecular weight excluding hydrogens is 370 g/mol. The van der Waals surface area contributed by atoms with Crippen molar-refractivity contribution in [3.05, 3.63) is 11.6 Å². The molecule has 1 aliphatic carbocycles. The summed E-state index contributed by atoms with van der Waals surface area (Å²) in [5, 5.41) is 9.60. The van der Waals surface area contributed by atoms with Gasteiger partial charge >= 0.3 is 5.97 Å². The number of carboxylic acid groups (broad SMARTS) is 1. The van der Waals surface area contributed by atoms with Crippen LogP contribution in [-0.4, -0.2) is 38.5 Å². The van der Waals surface area contributed by atoms with Gasteiger partial charge in [0, 0.05) is 12.2 Å². The zero-order valence-corrected chi connectivity index (χ0v) is 16.9. The first-order chi connectivity index (χ1) is 11.7. The van der Waals surface area contributed by atoms with Gasteiger partial charge in [0.15, 0.2) is 0 Å². The number of hydrogen-bond donors (Lipinski definition) is 1. The summed E-state index contributed by atoms with van der Waals surface area (Å²) in [4.78, 5) is 26.0. The van der Waals surface area contributed by atoms with Crippen molar-refractivity contribution < 1.29 is 14.7 Å². The molecule has 2 aliphatic rings. The lowest BCUT2D eigenvalue weighted by atomic mass is 9.87. The molecule has 2 rings (SSSR count). The molecule has 0 unspecified atom stereocenters. The number of carbonyl (C=O) groups excluding carboxylic acids is 1. The lowest BCUT2D eigenvalue weighted by Gasteiger charge is -2.42. The van der Waals surface area contributed by atoms with Crippen LogP contribution in [0.2, 0.25) is 0 Å². The number of carboxylic acids is 1. The van der Waals surface area contributed by atoms with Gasteiger partial charge < -0.3 is 10.0 Å². The summed E-state index contributed by atoms with van der Waals surface area (Å²) in [6.07, 6.45) is 8.49. The van der Waals surface area contributed by atoms with Gasteiger partial charge in [-0.15, -0.1) is 11.8 Å². The number of thioether (sulfide) groups is 1. The van der Waals surface area contributed by atoms with Crippen LogP contribution in [0.4, 0.5) is 0 Å². The summed E-state index contributed by atoms with van der Waals surface area (Å²) in [6.45, 7) is 8.65.